The number of aliphatic hydroxyl groups excluding tert-OH is 1. The van der Waals surface area contributed by atoms with Gasteiger partial charge in [-0.05, 0) is 31.6 Å². The summed E-state index contributed by atoms with van der Waals surface area (Å²) in [4.78, 5) is 0. The maximum Gasteiger partial charge on any atom is 0.156 e. The fourth-order valence-electron chi connectivity index (χ4n) is 3.39. The first-order valence-electron chi connectivity index (χ1n) is 7.86. The van der Waals surface area contributed by atoms with Gasteiger partial charge in [-0.2, -0.15) is 5.10 Å². The molecule has 4 heteroatoms. The summed E-state index contributed by atoms with van der Waals surface area (Å²) in [6.07, 6.45) is 4.84. The third-order valence-electron chi connectivity index (χ3n) is 4.70. The average molecular weight is 285 g/mol. The largest absolute Gasteiger partial charge is 0.396 e. The van der Waals surface area contributed by atoms with Crippen molar-refractivity contribution in [3.63, 3.8) is 0 Å². The minimum absolute atomic E-state index is 0.298. The molecule has 112 valence electrons. The summed E-state index contributed by atoms with van der Waals surface area (Å²) in [7, 11) is 0. The molecule has 1 heterocycles. The molecule has 0 amide bonds. The molecule has 0 saturated heterocycles. The summed E-state index contributed by atoms with van der Waals surface area (Å²) in [6, 6.07) is 8.24. The third kappa shape index (κ3) is 3.00. The Morgan fingerprint density at radius 3 is 2.57 bits per heavy atom. The molecule has 0 aliphatic heterocycles. The highest BCUT2D eigenvalue weighted by Gasteiger charge is 2.24. The van der Waals surface area contributed by atoms with E-state index in [-0.39, 0.29) is 0 Å². The Morgan fingerprint density at radius 2 is 1.81 bits per heavy atom. The second-order valence-corrected chi connectivity index (χ2v) is 6.05. The van der Waals surface area contributed by atoms with E-state index in [0.717, 1.165) is 35.2 Å². The van der Waals surface area contributed by atoms with E-state index in [9.17, 15) is 5.11 Å². The second kappa shape index (κ2) is 6.39. The molecule has 0 bridgehead atoms. The minimum atomic E-state index is 0.298. The topological polar surface area (TPSA) is 58.0 Å². The maximum absolute atomic E-state index is 9.51. The fourth-order valence-corrected chi connectivity index (χ4v) is 3.39. The number of fused-ring (bicyclic) bond motifs is 1. The Labute approximate surface area is 125 Å². The first-order chi connectivity index (χ1) is 10.3. The van der Waals surface area contributed by atoms with Crippen LogP contribution in [0.5, 0.6) is 0 Å². The molecule has 2 N–H and O–H groups in total. The third-order valence-corrected chi connectivity index (χ3v) is 4.70. The number of anilines is 1. The zero-order chi connectivity index (χ0) is 14.7. The van der Waals surface area contributed by atoms with Gasteiger partial charge in [-0.25, -0.2) is 0 Å². The van der Waals surface area contributed by atoms with E-state index in [1.165, 1.54) is 19.3 Å². The first-order valence-corrected chi connectivity index (χ1v) is 7.86. The molecular formula is C17H23N3O. The van der Waals surface area contributed by atoms with E-state index in [2.05, 4.69) is 27.6 Å². The number of hydrogen-bond acceptors (Lipinski definition) is 4. The van der Waals surface area contributed by atoms with Crippen molar-refractivity contribution in [3.8, 4) is 0 Å². The summed E-state index contributed by atoms with van der Waals surface area (Å²) in [5.41, 5.74) is 0.960. The number of benzene rings is 1. The zero-order valence-electron chi connectivity index (χ0n) is 12.5. The fraction of sp³-hybridized carbons (Fsp3) is 0.529. The number of rotatable bonds is 4. The number of aliphatic hydroxyl groups is 1. The monoisotopic (exact) mass is 285 g/mol. The lowest BCUT2D eigenvalue weighted by Crippen LogP contribution is -2.29. The predicted molar refractivity (Wildman–Crippen MR) is 85.3 cm³/mol. The van der Waals surface area contributed by atoms with Crippen LogP contribution in [0.1, 0.15) is 31.4 Å². The van der Waals surface area contributed by atoms with Gasteiger partial charge in [-0.1, -0.05) is 37.1 Å². The highest BCUT2D eigenvalue weighted by atomic mass is 16.3. The van der Waals surface area contributed by atoms with E-state index >= 15 is 0 Å². The van der Waals surface area contributed by atoms with Gasteiger partial charge in [-0.3, -0.25) is 0 Å². The smallest absolute Gasteiger partial charge is 0.156 e. The highest BCUT2D eigenvalue weighted by molar-refractivity contribution is 5.92. The summed E-state index contributed by atoms with van der Waals surface area (Å²) < 4.78 is 0. The van der Waals surface area contributed by atoms with Crippen molar-refractivity contribution >= 4 is 16.6 Å². The van der Waals surface area contributed by atoms with Crippen LogP contribution in [-0.4, -0.2) is 28.5 Å². The van der Waals surface area contributed by atoms with Crippen LogP contribution in [-0.2, 0) is 0 Å². The van der Waals surface area contributed by atoms with Gasteiger partial charge >= 0.3 is 0 Å². The second-order valence-electron chi connectivity index (χ2n) is 6.05. The Bertz CT molecular complexity index is 614. The molecule has 1 aromatic carbocycles. The molecule has 1 aromatic heterocycles. The van der Waals surface area contributed by atoms with E-state index in [4.69, 9.17) is 0 Å². The molecule has 1 fully saturated rings. The molecule has 2 aromatic rings. The lowest BCUT2D eigenvalue weighted by molar-refractivity contribution is 0.141. The van der Waals surface area contributed by atoms with Crippen molar-refractivity contribution in [2.45, 2.75) is 32.6 Å². The maximum atomic E-state index is 9.51. The number of aromatic nitrogens is 2. The average Bonchev–Trinajstić information content (AvgIpc) is 2.55. The van der Waals surface area contributed by atoms with E-state index in [0.29, 0.717) is 18.4 Å². The van der Waals surface area contributed by atoms with E-state index in [1.807, 2.05) is 19.1 Å². The zero-order valence-corrected chi connectivity index (χ0v) is 12.5. The van der Waals surface area contributed by atoms with Crippen molar-refractivity contribution in [1.82, 2.24) is 10.2 Å². The minimum Gasteiger partial charge on any atom is -0.396 e. The highest BCUT2D eigenvalue weighted by Crippen LogP contribution is 2.30. The van der Waals surface area contributed by atoms with Crippen molar-refractivity contribution in [3.05, 3.63) is 30.0 Å². The van der Waals surface area contributed by atoms with E-state index in [1.54, 1.807) is 0 Å². The molecule has 0 radical (unpaired) electrons. The molecule has 1 saturated carbocycles. The Morgan fingerprint density at radius 1 is 1.10 bits per heavy atom. The molecule has 2 unspecified atom stereocenters. The summed E-state index contributed by atoms with van der Waals surface area (Å²) in [6.45, 7) is 3.15. The van der Waals surface area contributed by atoms with Crippen LogP contribution >= 0.6 is 0 Å². The van der Waals surface area contributed by atoms with Gasteiger partial charge < -0.3 is 10.4 Å². The molecule has 1 aliphatic rings. The van der Waals surface area contributed by atoms with Crippen LogP contribution in [0.3, 0.4) is 0 Å². The Balaban J connectivity index is 1.77. The van der Waals surface area contributed by atoms with Crippen LogP contribution in [0, 0.1) is 18.8 Å². The lowest BCUT2D eigenvalue weighted by atomic mass is 9.79. The van der Waals surface area contributed by atoms with Crippen LogP contribution in [0.2, 0.25) is 0 Å². The van der Waals surface area contributed by atoms with Crippen molar-refractivity contribution < 1.29 is 5.11 Å². The summed E-state index contributed by atoms with van der Waals surface area (Å²) in [5, 5.41) is 23.8. The molecule has 0 spiro atoms. The standard InChI is InChI=1S/C17H23N3O/c1-12-15-8-4-5-9-16(15)17(20-19-12)18-10-13-6-2-3-7-14(13)11-21/h4-5,8-9,13-14,21H,2-3,6-7,10-11H2,1H3,(H,18,20). The van der Waals surface area contributed by atoms with Crippen LogP contribution in [0.25, 0.3) is 10.8 Å². The molecule has 2 atom stereocenters. The van der Waals surface area contributed by atoms with Crippen molar-refractivity contribution in [2.75, 3.05) is 18.5 Å². The molecule has 21 heavy (non-hydrogen) atoms. The van der Waals surface area contributed by atoms with Gasteiger partial charge in [-0.15, -0.1) is 5.10 Å². The predicted octanol–water partition coefficient (Wildman–Crippen LogP) is 3.15. The van der Waals surface area contributed by atoms with Crippen molar-refractivity contribution in [2.24, 2.45) is 11.8 Å². The number of hydrogen-bond donors (Lipinski definition) is 2. The molecule has 4 nitrogen and oxygen atoms in total. The summed E-state index contributed by atoms with van der Waals surface area (Å²) >= 11 is 0. The SMILES string of the molecule is Cc1nnc(NCC2CCCCC2CO)c2ccccc12. The first kappa shape index (κ1) is 14.3. The van der Waals surface area contributed by atoms with Gasteiger partial charge in [0.1, 0.15) is 0 Å². The van der Waals surface area contributed by atoms with Gasteiger partial charge in [0.15, 0.2) is 5.82 Å². The van der Waals surface area contributed by atoms with Gasteiger partial charge in [0.25, 0.3) is 0 Å². The molecule has 1 aliphatic carbocycles. The van der Waals surface area contributed by atoms with Gasteiger partial charge in [0, 0.05) is 23.9 Å². The number of aryl methyl sites for hydroxylation is 1. The number of nitrogens with zero attached hydrogens (tertiary/aromatic N) is 2. The molecular weight excluding hydrogens is 262 g/mol. The summed E-state index contributed by atoms with van der Waals surface area (Å²) in [5.74, 6) is 1.82. The van der Waals surface area contributed by atoms with Crippen LogP contribution in [0.15, 0.2) is 24.3 Å². The lowest BCUT2D eigenvalue weighted by Gasteiger charge is -2.30. The van der Waals surface area contributed by atoms with E-state index < -0.39 is 0 Å². The van der Waals surface area contributed by atoms with Crippen LogP contribution < -0.4 is 5.32 Å². The normalized spacial score (nSPS) is 22.4. The van der Waals surface area contributed by atoms with Gasteiger partial charge in [0.2, 0.25) is 0 Å². The Kier molecular flexibility index (Phi) is 4.34. The van der Waals surface area contributed by atoms with Gasteiger partial charge in [0.05, 0.1) is 5.69 Å². The number of nitrogens with one attached hydrogen (secondary N) is 1. The van der Waals surface area contributed by atoms with Crippen LogP contribution in [0.4, 0.5) is 5.82 Å². The quantitative estimate of drug-likeness (QED) is 0.906. The van der Waals surface area contributed by atoms with Crippen molar-refractivity contribution in [1.29, 1.82) is 0 Å². The Hall–Kier alpha value is -1.68. The molecule has 3 rings (SSSR count).